The van der Waals surface area contributed by atoms with Crippen LogP contribution >= 0.6 is 0 Å². The Hall–Kier alpha value is -0.200. The molecule has 0 heterocycles. The molecule has 0 aliphatic heterocycles. The first-order valence-corrected chi connectivity index (χ1v) is 3.87. The molecular formula is C7H17NO4. The molecule has 0 fully saturated rings. The van der Waals surface area contributed by atoms with Gasteiger partial charge in [0.05, 0.1) is 18.8 Å². The first kappa shape index (κ1) is 11.8. The van der Waals surface area contributed by atoms with Crippen molar-refractivity contribution in [2.75, 3.05) is 6.61 Å². The number of rotatable bonds is 5. The predicted octanol–water partition coefficient (Wildman–Crippen LogP) is -1.59. The molecule has 0 saturated carbocycles. The lowest BCUT2D eigenvalue weighted by atomic mass is 10.2. The minimum absolute atomic E-state index is 0.297. The number of aliphatic hydroxyl groups is 3. The summed E-state index contributed by atoms with van der Waals surface area (Å²) in [4.78, 5) is 0. The predicted molar refractivity (Wildman–Crippen MR) is 43.3 cm³/mol. The van der Waals surface area contributed by atoms with Crippen molar-refractivity contribution >= 4 is 0 Å². The van der Waals surface area contributed by atoms with Gasteiger partial charge in [-0.05, 0) is 13.8 Å². The molecule has 5 nitrogen and oxygen atoms in total. The largest absolute Gasteiger partial charge is 0.394 e. The number of hydrogen-bond donors (Lipinski definition) is 4. The lowest BCUT2D eigenvalue weighted by Crippen LogP contribution is -2.41. The molecule has 12 heavy (non-hydrogen) atoms. The minimum atomic E-state index is -1.10. The maximum absolute atomic E-state index is 9.04. The lowest BCUT2D eigenvalue weighted by molar-refractivity contribution is -0.118. The van der Waals surface area contributed by atoms with Crippen molar-refractivity contribution < 1.29 is 20.1 Å². The zero-order valence-corrected chi connectivity index (χ0v) is 7.34. The quantitative estimate of drug-likeness (QED) is 0.382. The highest BCUT2D eigenvalue weighted by Crippen LogP contribution is 2.04. The van der Waals surface area contributed by atoms with E-state index in [0.717, 1.165) is 0 Å². The van der Waals surface area contributed by atoms with Crippen LogP contribution < -0.4 is 5.73 Å². The van der Waals surface area contributed by atoms with Crippen molar-refractivity contribution in [1.29, 1.82) is 0 Å². The minimum Gasteiger partial charge on any atom is -0.394 e. The number of hydrogen-bond acceptors (Lipinski definition) is 5. The number of aliphatic hydroxyl groups excluding tert-OH is 3. The summed E-state index contributed by atoms with van der Waals surface area (Å²) >= 11 is 0. The third-order valence-corrected chi connectivity index (χ3v) is 1.59. The molecule has 5 heteroatoms. The summed E-state index contributed by atoms with van der Waals surface area (Å²) in [5, 5.41) is 26.6. The fourth-order valence-corrected chi connectivity index (χ4v) is 0.665. The Morgan fingerprint density at radius 2 is 1.83 bits per heavy atom. The molecule has 0 aromatic rings. The molecule has 0 rings (SSSR count). The second-order valence-electron chi connectivity index (χ2n) is 2.79. The first-order valence-electron chi connectivity index (χ1n) is 3.87. The van der Waals surface area contributed by atoms with Crippen LogP contribution in [-0.4, -0.2) is 46.5 Å². The van der Waals surface area contributed by atoms with Crippen LogP contribution in [0.5, 0.6) is 0 Å². The van der Waals surface area contributed by atoms with Crippen LogP contribution in [0.4, 0.5) is 0 Å². The van der Waals surface area contributed by atoms with E-state index < -0.39 is 24.5 Å². The highest BCUT2D eigenvalue weighted by molar-refractivity contribution is 4.66. The van der Waals surface area contributed by atoms with Gasteiger partial charge < -0.3 is 25.8 Å². The third kappa shape index (κ3) is 3.99. The summed E-state index contributed by atoms with van der Waals surface area (Å²) < 4.78 is 5.05. The van der Waals surface area contributed by atoms with E-state index in [-0.39, 0.29) is 6.61 Å². The number of ether oxygens (including phenoxy) is 1. The van der Waals surface area contributed by atoms with Crippen molar-refractivity contribution in [1.82, 2.24) is 0 Å². The smallest absolute Gasteiger partial charge is 0.128 e. The third-order valence-electron chi connectivity index (χ3n) is 1.59. The summed E-state index contributed by atoms with van der Waals surface area (Å²) in [6, 6.07) is 0. The summed E-state index contributed by atoms with van der Waals surface area (Å²) in [5.74, 6) is 0. The van der Waals surface area contributed by atoms with E-state index >= 15 is 0 Å². The van der Waals surface area contributed by atoms with Crippen molar-refractivity contribution in [3.05, 3.63) is 0 Å². The second kappa shape index (κ2) is 5.45. The Labute approximate surface area is 71.8 Å². The Kier molecular flexibility index (Phi) is 5.36. The average molecular weight is 179 g/mol. The Bertz CT molecular complexity index is 118. The first-order chi connectivity index (χ1) is 5.49. The van der Waals surface area contributed by atoms with Crippen LogP contribution in [0.15, 0.2) is 0 Å². The monoisotopic (exact) mass is 179 g/mol. The Morgan fingerprint density at radius 3 is 2.08 bits per heavy atom. The molecule has 0 bridgehead atoms. The molecule has 0 saturated heterocycles. The van der Waals surface area contributed by atoms with E-state index in [9.17, 15) is 0 Å². The summed E-state index contributed by atoms with van der Waals surface area (Å²) in [6.45, 7) is 2.76. The molecule has 0 aliphatic rings. The standard InChI is InChI=1S/C7H17NO4/c1-4(10)6(3-9)12-5(2)7(8)11/h4-7,9-11H,3,8H2,1-2H3/t4-,5?,6?,7-/m0/s1. The molecule has 4 atom stereocenters. The molecule has 0 aromatic heterocycles. The zero-order chi connectivity index (χ0) is 9.72. The fraction of sp³-hybridized carbons (Fsp3) is 1.00. The molecule has 5 N–H and O–H groups in total. The molecule has 0 aliphatic carbocycles. The van der Waals surface area contributed by atoms with Gasteiger partial charge in [0.2, 0.25) is 0 Å². The van der Waals surface area contributed by atoms with Crippen LogP contribution in [0.1, 0.15) is 13.8 Å². The van der Waals surface area contributed by atoms with Crippen molar-refractivity contribution in [2.45, 2.75) is 38.4 Å². The molecule has 0 spiro atoms. The van der Waals surface area contributed by atoms with Gasteiger partial charge in [-0.2, -0.15) is 0 Å². The van der Waals surface area contributed by atoms with E-state index in [1.165, 1.54) is 6.92 Å². The Morgan fingerprint density at radius 1 is 1.33 bits per heavy atom. The molecular weight excluding hydrogens is 162 g/mol. The highest BCUT2D eigenvalue weighted by atomic mass is 16.5. The second-order valence-corrected chi connectivity index (χ2v) is 2.79. The SMILES string of the molecule is CC(OC(CO)[C@H](C)O)[C@@H](N)O. The molecule has 0 amide bonds. The van der Waals surface area contributed by atoms with Gasteiger partial charge in [0.1, 0.15) is 12.3 Å². The fourth-order valence-electron chi connectivity index (χ4n) is 0.665. The van der Waals surface area contributed by atoms with Gasteiger partial charge in [0.25, 0.3) is 0 Å². The maximum Gasteiger partial charge on any atom is 0.128 e. The van der Waals surface area contributed by atoms with E-state index in [1.807, 2.05) is 0 Å². The van der Waals surface area contributed by atoms with Gasteiger partial charge in [0, 0.05) is 0 Å². The van der Waals surface area contributed by atoms with Gasteiger partial charge >= 0.3 is 0 Å². The lowest BCUT2D eigenvalue weighted by Gasteiger charge is -2.24. The molecule has 2 unspecified atom stereocenters. The van der Waals surface area contributed by atoms with E-state index in [1.54, 1.807) is 6.92 Å². The topological polar surface area (TPSA) is 95.9 Å². The van der Waals surface area contributed by atoms with E-state index in [4.69, 9.17) is 25.8 Å². The zero-order valence-electron chi connectivity index (χ0n) is 7.34. The van der Waals surface area contributed by atoms with Crippen molar-refractivity contribution in [3.8, 4) is 0 Å². The maximum atomic E-state index is 9.04. The van der Waals surface area contributed by atoms with Gasteiger partial charge in [-0.25, -0.2) is 0 Å². The van der Waals surface area contributed by atoms with Crippen LogP contribution in [-0.2, 0) is 4.74 Å². The summed E-state index contributed by atoms with van der Waals surface area (Å²) in [5.41, 5.74) is 5.11. The Balaban J connectivity index is 3.85. The number of nitrogens with two attached hydrogens (primary N) is 1. The summed E-state index contributed by atoms with van der Waals surface area (Å²) in [7, 11) is 0. The van der Waals surface area contributed by atoms with Crippen LogP contribution in [0.25, 0.3) is 0 Å². The van der Waals surface area contributed by atoms with Crippen molar-refractivity contribution in [2.24, 2.45) is 5.73 Å². The normalized spacial score (nSPS) is 21.5. The van der Waals surface area contributed by atoms with Crippen molar-refractivity contribution in [3.63, 3.8) is 0 Å². The van der Waals surface area contributed by atoms with Gasteiger partial charge in [-0.15, -0.1) is 0 Å². The van der Waals surface area contributed by atoms with E-state index in [0.29, 0.717) is 0 Å². The molecule has 0 aromatic carbocycles. The highest BCUT2D eigenvalue weighted by Gasteiger charge is 2.20. The van der Waals surface area contributed by atoms with Crippen LogP contribution in [0.2, 0.25) is 0 Å². The van der Waals surface area contributed by atoms with Gasteiger partial charge in [-0.3, -0.25) is 0 Å². The van der Waals surface area contributed by atoms with Crippen LogP contribution in [0.3, 0.4) is 0 Å². The summed E-state index contributed by atoms with van der Waals surface area (Å²) in [6.07, 6.45) is -3.18. The van der Waals surface area contributed by atoms with Crippen LogP contribution in [0, 0.1) is 0 Å². The van der Waals surface area contributed by atoms with Gasteiger partial charge in [0.15, 0.2) is 0 Å². The van der Waals surface area contributed by atoms with E-state index in [2.05, 4.69) is 0 Å². The average Bonchev–Trinajstić information content (AvgIpc) is 1.98. The molecule has 74 valence electrons. The molecule has 0 radical (unpaired) electrons. The van der Waals surface area contributed by atoms with Gasteiger partial charge in [-0.1, -0.05) is 0 Å².